The van der Waals surface area contributed by atoms with E-state index in [1.165, 1.54) is 6.07 Å². The second-order valence-electron chi connectivity index (χ2n) is 4.57. The van der Waals surface area contributed by atoms with Crippen molar-refractivity contribution in [3.05, 3.63) is 58.0 Å². The van der Waals surface area contributed by atoms with E-state index in [1.807, 2.05) is 5.32 Å². The van der Waals surface area contributed by atoms with Crippen LogP contribution in [-0.2, 0) is 0 Å². The largest absolute Gasteiger partial charge is 0.306 e. The van der Waals surface area contributed by atoms with Gasteiger partial charge in [-0.25, -0.2) is 26.9 Å². The van der Waals surface area contributed by atoms with Crippen molar-refractivity contribution >= 4 is 11.7 Å². The molecular weight excluding hydrogens is 307 g/mol. The first kappa shape index (κ1) is 15.9. The Morgan fingerprint density at radius 3 is 1.91 bits per heavy atom. The molecule has 116 valence electrons. The molecule has 0 spiro atoms. The molecule has 1 aromatic heterocycles. The van der Waals surface area contributed by atoms with Crippen LogP contribution in [0.1, 0.15) is 21.6 Å². The number of carbonyl (C=O) groups excluding carboxylic acids is 1. The van der Waals surface area contributed by atoms with Crippen molar-refractivity contribution in [1.82, 2.24) is 4.98 Å². The van der Waals surface area contributed by atoms with Crippen molar-refractivity contribution in [2.45, 2.75) is 13.8 Å². The summed E-state index contributed by atoms with van der Waals surface area (Å²) in [5.74, 6) is -12.6. The number of hydrogen-bond acceptors (Lipinski definition) is 2. The fourth-order valence-electron chi connectivity index (χ4n) is 1.89. The number of anilines is 1. The molecule has 0 radical (unpaired) electrons. The van der Waals surface area contributed by atoms with Gasteiger partial charge in [0.15, 0.2) is 23.3 Å². The summed E-state index contributed by atoms with van der Waals surface area (Å²) in [4.78, 5) is 15.7. The third-order valence-electron chi connectivity index (χ3n) is 2.78. The number of pyridine rings is 1. The lowest BCUT2D eigenvalue weighted by Crippen LogP contribution is -2.20. The van der Waals surface area contributed by atoms with Crippen LogP contribution in [0.5, 0.6) is 0 Å². The molecule has 0 aliphatic heterocycles. The average molecular weight is 316 g/mol. The van der Waals surface area contributed by atoms with Gasteiger partial charge in [-0.2, -0.15) is 0 Å². The molecule has 0 aliphatic rings. The van der Waals surface area contributed by atoms with Crippen LogP contribution in [0.15, 0.2) is 12.1 Å². The number of halogens is 5. The Balaban J connectivity index is 2.46. The van der Waals surface area contributed by atoms with Crippen molar-refractivity contribution in [3.63, 3.8) is 0 Å². The van der Waals surface area contributed by atoms with Gasteiger partial charge in [-0.05, 0) is 31.5 Å². The highest BCUT2D eigenvalue weighted by Gasteiger charge is 2.29. The first-order valence-corrected chi connectivity index (χ1v) is 6.00. The molecule has 0 saturated carbocycles. The first-order valence-electron chi connectivity index (χ1n) is 6.00. The predicted octanol–water partition coefficient (Wildman–Crippen LogP) is 3.65. The van der Waals surface area contributed by atoms with Gasteiger partial charge in [0, 0.05) is 5.69 Å². The second kappa shape index (κ2) is 5.70. The third-order valence-corrected chi connectivity index (χ3v) is 2.78. The third kappa shape index (κ3) is 2.76. The fraction of sp³-hybridized carbons (Fsp3) is 0.143. The Morgan fingerprint density at radius 2 is 1.41 bits per heavy atom. The zero-order valence-corrected chi connectivity index (χ0v) is 11.4. The van der Waals surface area contributed by atoms with Gasteiger partial charge in [0.1, 0.15) is 11.4 Å². The Kier molecular flexibility index (Phi) is 4.11. The molecule has 0 unspecified atom stereocenters. The minimum absolute atomic E-state index is 0.0635. The first-order chi connectivity index (χ1) is 10.2. The van der Waals surface area contributed by atoms with E-state index in [0.29, 0.717) is 11.3 Å². The van der Waals surface area contributed by atoms with Gasteiger partial charge in [0.05, 0.1) is 0 Å². The summed E-state index contributed by atoms with van der Waals surface area (Å²) in [6.45, 7) is 3.30. The number of rotatable bonds is 2. The van der Waals surface area contributed by atoms with Crippen molar-refractivity contribution in [2.75, 3.05) is 5.32 Å². The van der Waals surface area contributed by atoms with Crippen LogP contribution in [0.3, 0.4) is 0 Å². The average Bonchev–Trinajstić information content (AvgIpc) is 2.42. The maximum absolute atomic E-state index is 13.5. The molecule has 0 fully saturated rings. The Morgan fingerprint density at radius 1 is 0.909 bits per heavy atom. The van der Waals surface area contributed by atoms with Crippen LogP contribution in [0.4, 0.5) is 27.8 Å². The molecule has 0 bridgehead atoms. The van der Waals surface area contributed by atoms with E-state index in [0.717, 1.165) is 0 Å². The number of nitrogens with zero attached hydrogens (tertiary/aromatic N) is 1. The summed E-state index contributed by atoms with van der Waals surface area (Å²) in [7, 11) is 0. The second-order valence-corrected chi connectivity index (χ2v) is 4.57. The molecule has 1 aromatic carbocycles. The monoisotopic (exact) mass is 316 g/mol. The summed E-state index contributed by atoms with van der Waals surface area (Å²) in [5, 5.41) is 2.01. The molecule has 3 nitrogen and oxygen atoms in total. The maximum Gasteiger partial charge on any atom is 0.263 e. The van der Waals surface area contributed by atoms with Gasteiger partial charge in [0.2, 0.25) is 5.82 Å². The number of benzene rings is 1. The molecule has 0 aliphatic carbocycles. The van der Waals surface area contributed by atoms with Crippen LogP contribution < -0.4 is 5.32 Å². The Bertz CT molecular complexity index is 727. The molecular formula is C14H9F5N2O. The minimum Gasteiger partial charge on any atom is -0.306 e. The van der Waals surface area contributed by atoms with E-state index in [4.69, 9.17) is 0 Å². The van der Waals surface area contributed by atoms with Crippen LogP contribution in [0.25, 0.3) is 0 Å². The molecule has 22 heavy (non-hydrogen) atoms. The van der Waals surface area contributed by atoms with E-state index in [2.05, 4.69) is 4.98 Å². The van der Waals surface area contributed by atoms with E-state index in [-0.39, 0.29) is 5.82 Å². The zero-order chi connectivity index (χ0) is 16.6. The van der Waals surface area contributed by atoms with Crippen molar-refractivity contribution in [2.24, 2.45) is 0 Å². The van der Waals surface area contributed by atoms with Crippen molar-refractivity contribution < 1.29 is 26.7 Å². The van der Waals surface area contributed by atoms with Gasteiger partial charge in [0.25, 0.3) is 5.91 Å². The highest BCUT2D eigenvalue weighted by Crippen LogP contribution is 2.23. The molecule has 0 atom stereocenters. The number of amides is 1. The van der Waals surface area contributed by atoms with Crippen LogP contribution in [0, 0.1) is 42.9 Å². The quantitative estimate of drug-likeness (QED) is 0.522. The lowest BCUT2D eigenvalue weighted by molar-refractivity contribution is 0.101. The molecule has 0 saturated heterocycles. The summed E-state index contributed by atoms with van der Waals surface area (Å²) < 4.78 is 66.1. The number of hydrogen-bond donors (Lipinski definition) is 1. The van der Waals surface area contributed by atoms with Crippen LogP contribution >= 0.6 is 0 Å². The number of aryl methyl sites for hydroxylation is 2. The highest BCUT2D eigenvalue weighted by atomic mass is 19.2. The van der Waals surface area contributed by atoms with Gasteiger partial charge >= 0.3 is 0 Å². The smallest absolute Gasteiger partial charge is 0.263 e. The lowest BCUT2D eigenvalue weighted by Gasteiger charge is -2.09. The standard InChI is InChI=1S/C14H9F5N2O/c1-5-3-6(2)20-7(4-5)21-14(22)8-9(15)11(17)13(19)12(18)10(8)16/h3-4H,1-2H3,(H,20,21,22). The minimum atomic E-state index is -2.32. The normalized spacial score (nSPS) is 10.7. The van der Waals surface area contributed by atoms with E-state index in [9.17, 15) is 26.7 Å². The van der Waals surface area contributed by atoms with Gasteiger partial charge in [-0.1, -0.05) is 0 Å². The molecule has 2 rings (SSSR count). The maximum atomic E-state index is 13.5. The van der Waals surface area contributed by atoms with E-state index >= 15 is 0 Å². The van der Waals surface area contributed by atoms with E-state index in [1.54, 1.807) is 19.9 Å². The molecule has 1 amide bonds. The SMILES string of the molecule is Cc1cc(C)nc(NC(=O)c2c(F)c(F)c(F)c(F)c2F)c1. The number of aromatic nitrogens is 1. The summed E-state index contributed by atoms with van der Waals surface area (Å²) in [5.41, 5.74) is -0.356. The van der Waals surface area contributed by atoms with E-state index < -0.39 is 40.6 Å². The molecule has 2 aromatic rings. The summed E-state index contributed by atoms with van der Waals surface area (Å²) in [6.07, 6.45) is 0. The van der Waals surface area contributed by atoms with Crippen LogP contribution in [-0.4, -0.2) is 10.9 Å². The van der Waals surface area contributed by atoms with Crippen molar-refractivity contribution in [3.8, 4) is 0 Å². The van der Waals surface area contributed by atoms with Gasteiger partial charge < -0.3 is 5.32 Å². The lowest BCUT2D eigenvalue weighted by atomic mass is 10.1. The fourth-order valence-corrected chi connectivity index (χ4v) is 1.89. The Hall–Kier alpha value is -2.51. The molecule has 1 heterocycles. The number of nitrogens with one attached hydrogen (secondary N) is 1. The Labute approximate surface area is 121 Å². The summed E-state index contributed by atoms with van der Waals surface area (Å²) >= 11 is 0. The molecule has 8 heteroatoms. The summed E-state index contributed by atoms with van der Waals surface area (Å²) in [6, 6.07) is 3.06. The van der Waals surface area contributed by atoms with Crippen LogP contribution in [0.2, 0.25) is 0 Å². The zero-order valence-electron chi connectivity index (χ0n) is 11.4. The predicted molar refractivity (Wildman–Crippen MR) is 67.9 cm³/mol. The van der Waals surface area contributed by atoms with Gasteiger partial charge in [-0.3, -0.25) is 4.79 Å². The highest BCUT2D eigenvalue weighted by molar-refractivity contribution is 6.04. The van der Waals surface area contributed by atoms with Crippen molar-refractivity contribution in [1.29, 1.82) is 0 Å². The topological polar surface area (TPSA) is 42.0 Å². The molecule has 1 N–H and O–H groups in total. The number of carbonyl (C=O) groups is 1. The van der Waals surface area contributed by atoms with Gasteiger partial charge in [-0.15, -0.1) is 0 Å².